The zero-order chi connectivity index (χ0) is 26.0. The van der Waals surface area contributed by atoms with Gasteiger partial charge in [0.1, 0.15) is 5.60 Å². The van der Waals surface area contributed by atoms with Gasteiger partial charge in [0.15, 0.2) is 0 Å². The molecule has 2 aromatic carbocycles. The third-order valence-electron chi connectivity index (χ3n) is 5.54. The summed E-state index contributed by atoms with van der Waals surface area (Å²) in [6.07, 6.45) is -10.5. The molecule has 0 aromatic heterocycles. The number of hydrogen-bond acceptors (Lipinski definition) is 3. The van der Waals surface area contributed by atoms with Crippen LogP contribution in [0.2, 0.25) is 0 Å². The van der Waals surface area contributed by atoms with Crippen LogP contribution in [0, 0.1) is 0 Å². The Bertz CT molecular complexity index is 982. The summed E-state index contributed by atoms with van der Waals surface area (Å²) in [6, 6.07) is 10.5. The van der Waals surface area contributed by atoms with Crippen molar-refractivity contribution in [1.29, 1.82) is 0 Å². The average Bonchev–Trinajstić information content (AvgIpc) is 2.75. The standard InChI is InChI=1S/C25H27F6NO3/c1-23(2,3)35-22(33)32-10-9-21(20(14-32)17-7-5-4-6-8-17)34-15-16-11-18(24(26,27)28)13-19(12-16)25(29,30)31/h4-8,11-13,20-21H,9-10,14-15H2,1-3H3/t20-,21-/m0/s1. The van der Waals surface area contributed by atoms with Crippen molar-refractivity contribution in [3.8, 4) is 0 Å². The van der Waals surface area contributed by atoms with Crippen LogP contribution in [-0.2, 0) is 28.4 Å². The van der Waals surface area contributed by atoms with Crippen molar-refractivity contribution >= 4 is 6.09 Å². The molecule has 4 nitrogen and oxygen atoms in total. The summed E-state index contributed by atoms with van der Waals surface area (Å²) in [5, 5.41) is 0. The summed E-state index contributed by atoms with van der Waals surface area (Å²) in [5.74, 6) is -0.342. The van der Waals surface area contributed by atoms with Gasteiger partial charge in [0.2, 0.25) is 0 Å². The molecule has 2 aromatic rings. The number of likely N-dealkylation sites (tertiary alicyclic amines) is 1. The van der Waals surface area contributed by atoms with E-state index in [4.69, 9.17) is 9.47 Å². The molecule has 0 spiro atoms. The lowest BCUT2D eigenvalue weighted by Gasteiger charge is -2.39. The average molecular weight is 503 g/mol. The van der Waals surface area contributed by atoms with Crippen LogP contribution in [0.1, 0.15) is 55.4 Å². The number of halogens is 6. The number of benzene rings is 2. The fourth-order valence-electron chi connectivity index (χ4n) is 3.95. The molecule has 0 unspecified atom stereocenters. The van der Waals surface area contributed by atoms with Gasteiger partial charge in [0.05, 0.1) is 23.8 Å². The third-order valence-corrected chi connectivity index (χ3v) is 5.54. The van der Waals surface area contributed by atoms with Gasteiger partial charge in [-0.1, -0.05) is 30.3 Å². The second-order valence-corrected chi connectivity index (χ2v) is 9.50. The van der Waals surface area contributed by atoms with E-state index in [1.807, 2.05) is 18.2 Å². The Morgan fingerprint density at radius 1 is 0.943 bits per heavy atom. The second-order valence-electron chi connectivity index (χ2n) is 9.50. The van der Waals surface area contributed by atoms with Crippen molar-refractivity contribution in [2.45, 2.75) is 63.8 Å². The summed E-state index contributed by atoms with van der Waals surface area (Å²) in [5.41, 5.74) is -2.85. The molecule has 1 aliphatic rings. The van der Waals surface area contributed by atoms with E-state index in [9.17, 15) is 31.1 Å². The van der Waals surface area contributed by atoms with Crippen LogP contribution in [0.4, 0.5) is 31.1 Å². The number of rotatable bonds is 4. The van der Waals surface area contributed by atoms with E-state index in [0.29, 0.717) is 18.6 Å². The molecule has 1 aliphatic heterocycles. The molecule has 1 fully saturated rings. The lowest BCUT2D eigenvalue weighted by atomic mass is 9.88. The minimum atomic E-state index is -4.93. The van der Waals surface area contributed by atoms with E-state index in [2.05, 4.69) is 0 Å². The van der Waals surface area contributed by atoms with Crippen molar-refractivity contribution in [3.05, 3.63) is 70.8 Å². The first-order valence-corrected chi connectivity index (χ1v) is 11.1. The second kappa shape index (κ2) is 10.1. The first-order valence-electron chi connectivity index (χ1n) is 11.1. The highest BCUT2D eigenvalue weighted by atomic mass is 19.4. The lowest BCUT2D eigenvalue weighted by molar-refractivity contribution is -0.143. The minimum Gasteiger partial charge on any atom is -0.444 e. The van der Waals surface area contributed by atoms with Gasteiger partial charge < -0.3 is 14.4 Å². The number of carbonyl (C=O) groups is 1. The van der Waals surface area contributed by atoms with Crippen molar-refractivity contribution in [3.63, 3.8) is 0 Å². The third kappa shape index (κ3) is 7.37. The molecule has 192 valence electrons. The zero-order valence-corrected chi connectivity index (χ0v) is 19.5. The van der Waals surface area contributed by atoms with Crippen molar-refractivity contribution in [2.24, 2.45) is 0 Å². The Morgan fingerprint density at radius 2 is 1.51 bits per heavy atom. The molecule has 0 radical (unpaired) electrons. The van der Waals surface area contributed by atoms with Gasteiger partial charge in [-0.2, -0.15) is 26.3 Å². The van der Waals surface area contributed by atoms with E-state index in [-0.39, 0.29) is 30.6 Å². The fraction of sp³-hybridized carbons (Fsp3) is 0.480. The first-order chi connectivity index (χ1) is 16.1. The molecule has 0 bridgehead atoms. The normalized spacial score (nSPS) is 19.5. The van der Waals surface area contributed by atoms with E-state index in [1.54, 1.807) is 32.9 Å². The fourth-order valence-corrected chi connectivity index (χ4v) is 3.95. The molecule has 1 saturated heterocycles. The molecule has 35 heavy (non-hydrogen) atoms. The highest BCUT2D eigenvalue weighted by molar-refractivity contribution is 5.68. The summed E-state index contributed by atoms with van der Waals surface area (Å²) < 4.78 is 90.5. The van der Waals surface area contributed by atoms with Gasteiger partial charge in [-0.3, -0.25) is 0 Å². The first kappa shape index (κ1) is 26.8. The summed E-state index contributed by atoms with van der Waals surface area (Å²) in [4.78, 5) is 14.1. The summed E-state index contributed by atoms with van der Waals surface area (Å²) >= 11 is 0. The molecule has 0 aliphatic carbocycles. The maximum atomic E-state index is 13.2. The number of amides is 1. The predicted molar refractivity (Wildman–Crippen MR) is 117 cm³/mol. The SMILES string of the molecule is CC(C)(C)OC(=O)N1CC[C@H](OCc2cc(C(F)(F)F)cc(C(F)(F)F)c2)[C@H](c2ccccc2)C1. The molecule has 0 saturated carbocycles. The van der Waals surface area contributed by atoms with Crippen LogP contribution in [0.25, 0.3) is 0 Å². The highest BCUT2D eigenvalue weighted by Crippen LogP contribution is 2.37. The van der Waals surface area contributed by atoms with Crippen LogP contribution < -0.4 is 0 Å². The van der Waals surface area contributed by atoms with Gasteiger partial charge in [-0.05, 0) is 56.5 Å². The van der Waals surface area contributed by atoms with Gasteiger partial charge in [-0.15, -0.1) is 0 Å². The highest BCUT2D eigenvalue weighted by Gasteiger charge is 2.38. The quantitative estimate of drug-likeness (QED) is 0.421. The number of ether oxygens (including phenoxy) is 2. The van der Waals surface area contributed by atoms with E-state index in [1.165, 1.54) is 4.90 Å². The van der Waals surface area contributed by atoms with Crippen LogP contribution in [-0.4, -0.2) is 35.8 Å². The lowest BCUT2D eigenvalue weighted by Crippen LogP contribution is -2.47. The molecule has 2 atom stereocenters. The van der Waals surface area contributed by atoms with Gasteiger partial charge in [0, 0.05) is 19.0 Å². The van der Waals surface area contributed by atoms with Crippen LogP contribution in [0.15, 0.2) is 48.5 Å². The number of nitrogens with zero attached hydrogens (tertiary/aromatic N) is 1. The van der Waals surface area contributed by atoms with E-state index < -0.39 is 47.9 Å². The Kier molecular flexibility index (Phi) is 7.74. The Hall–Kier alpha value is -2.75. The van der Waals surface area contributed by atoms with Crippen LogP contribution >= 0.6 is 0 Å². The Labute approximate surface area is 199 Å². The number of piperidine rings is 1. The van der Waals surface area contributed by atoms with Crippen molar-refractivity contribution in [2.75, 3.05) is 13.1 Å². The summed E-state index contributed by atoms with van der Waals surface area (Å²) in [6.45, 7) is 5.33. The maximum Gasteiger partial charge on any atom is 0.416 e. The topological polar surface area (TPSA) is 38.8 Å². The maximum absolute atomic E-state index is 13.2. The molecule has 1 amide bonds. The molecular formula is C25H27F6NO3. The molecule has 3 rings (SSSR count). The van der Waals surface area contributed by atoms with Crippen molar-refractivity contribution < 1.29 is 40.6 Å². The minimum absolute atomic E-state index is 0.0928. The molecule has 10 heteroatoms. The number of carbonyl (C=O) groups excluding carboxylic acids is 1. The zero-order valence-electron chi connectivity index (χ0n) is 19.5. The Morgan fingerprint density at radius 3 is 2.03 bits per heavy atom. The number of alkyl halides is 6. The van der Waals surface area contributed by atoms with E-state index in [0.717, 1.165) is 5.56 Å². The molecule has 1 heterocycles. The van der Waals surface area contributed by atoms with Gasteiger partial charge in [-0.25, -0.2) is 4.79 Å². The predicted octanol–water partition coefficient (Wildman–Crippen LogP) is 7.03. The summed E-state index contributed by atoms with van der Waals surface area (Å²) in [7, 11) is 0. The van der Waals surface area contributed by atoms with Crippen LogP contribution in [0.5, 0.6) is 0 Å². The molecule has 0 N–H and O–H groups in total. The number of hydrogen-bond donors (Lipinski definition) is 0. The van der Waals surface area contributed by atoms with Crippen molar-refractivity contribution in [1.82, 2.24) is 4.90 Å². The Balaban J connectivity index is 1.82. The molecular weight excluding hydrogens is 476 g/mol. The van der Waals surface area contributed by atoms with E-state index >= 15 is 0 Å². The van der Waals surface area contributed by atoms with Gasteiger partial charge in [0.25, 0.3) is 0 Å². The monoisotopic (exact) mass is 503 g/mol. The van der Waals surface area contributed by atoms with Gasteiger partial charge >= 0.3 is 18.4 Å². The smallest absolute Gasteiger partial charge is 0.416 e. The van der Waals surface area contributed by atoms with Crippen LogP contribution in [0.3, 0.4) is 0 Å². The largest absolute Gasteiger partial charge is 0.444 e.